The number of pyridine rings is 1. The first-order chi connectivity index (χ1) is 21.5. The maximum absolute atomic E-state index is 14.0. The normalized spacial score (nSPS) is 25.8. The molecule has 2 N–H and O–H groups in total. The molecule has 0 saturated heterocycles. The van der Waals surface area contributed by atoms with Gasteiger partial charge in [0.2, 0.25) is 0 Å². The van der Waals surface area contributed by atoms with E-state index in [1.54, 1.807) is 6.07 Å². The molecule has 4 saturated carbocycles. The van der Waals surface area contributed by atoms with E-state index in [4.69, 9.17) is 14.3 Å². The fraction of sp³-hybridized carbons (Fsp3) is 0.694. The summed E-state index contributed by atoms with van der Waals surface area (Å²) in [6.07, 6.45) is 2.11. The molecule has 258 valence electrons. The van der Waals surface area contributed by atoms with E-state index in [-0.39, 0.29) is 44.9 Å². The van der Waals surface area contributed by atoms with Gasteiger partial charge in [0.1, 0.15) is 22.8 Å². The second kappa shape index (κ2) is 11.9. The molecule has 47 heavy (non-hydrogen) atoms. The minimum Gasteiger partial charge on any atom is -0.444 e. The summed E-state index contributed by atoms with van der Waals surface area (Å²) in [4.78, 5) is 16.4. The maximum atomic E-state index is 14.0. The quantitative estimate of drug-likeness (QED) is 0.226. The molecule has 2 bridgehead atoms. The monoisotopic (exact) mass is 669 g/mol. The smallest absolute Gasteiger partial charge is 0.408 e. The summed E-state index contributed by atoms with van der Waals surface area (Å²) in [5.74, 6) is 7.36. The van der Waals surface area contributed by atoms with E-state index >= 15 is 0 Å². The second-order valence-electron chi connectivity index (χ2n) is 17.6. The number of alkyl carbamates (subject to hydrolysis) is 1. The van der Waals surface area contributed by atoms with Crippen molar-refractivity contribution >= 4 is 25.9 Å². The number of hydrogen-bond acceptors (Lipinski definition) is 6. The zero-order chi connectivity index (χ0) is 34.8. The van der Waals surface area contributed by atoms with Crippen molar-refractivity contribution < 1.29 is 22.7 Å². The minimum absolute atomic E-state index is 0.153. The summed E-state index contributed by atoms with van der Waals surface area (Å²) in [7, 11) is -1.88. The third kappa shape index (κ3) is 7.85. The number of ether oxygens (including phenoxy) is 1. The van der Waals surface area contributed by atoms with Crippen molar-refractivity contribution in [1.82, 2.24) is 20.1 Å². The van der Waals surface area contributed by atoms with Gasteiger partial charge in [-0.05, 0) is 116 Å². The van der Waals surface area contributed by atoms with E-state index in [1.807, 2.05) is 25.5 Å². The minimum atomic E-state index is -2.74. The van der Waals surface area contributed by atoms with Crippen LogP contribution in [0.15, 0.2) is 18.2 Å². The summed E-state index contributed by atoms with van der Waals surface area (Å²) in [5, 5.41) is 11.6. The number of hydrogen-bond donors (Lipinski definition) is 2. The Morgan fingerprint density at radius 2 is 1.70 bits per heavy atom. The Bertz CT molecular complexity index is 1550. The van der Waals surface area contributed by atoms with Crippen LogP contribution >= 0.6 is 0 Å². The lowest BCUT2D eigenvalue weighted by atomic mass is 9.40. The maximum Gasteiger partial charge on any atom is 0.408 e. The fourth-order valence-electron chi connectivity index (χ4n) is 6.83. The molecular formula is C36H53F2N5O3Si. The highest BCUT2D eigenvalue weighted by molar-refractivity contribution is 6.74. The van der Waals surface area contributed by atoms with E-state index in [1.165, 1.54) is 6.07 Å². The van der Waals surface area contributed by atoms with Crippen molar-refractivity contribution in [3.63, 3.8) is 0 Å². The number of anilines is 2. The summed E-state index contributed by atoms with van der Waals surface area (Å²) in [6, 6.07) is 5.16. The molecule has 4 aliphatic rings. The molecule has 2 aromatic heterocycles. The van der Waals surface area contributed by atoms with Crippen molar-refractivity contribution in [3.05, 3.63) is 35.3 Å². The Hall–Kier alpha value is -2.97. The standard InChI is InChI=1S/C36H53F2N5O3Si/c1-32(2,3)43-29(19-27(42-43)23-12-13-26(16-23)46-47(10,11)34(7,8)9)40-25-17-24(39-28(18-25)30(37)38)14-15-35-20-36(21-35,22-35)41-31(44)45-33(4,5)6/h17-19,23,26,30H,12-13,16,20-22H2,1-11H3,(H,39,40)(H,41,44)/t23-,26+,35?,36?/m0/s1. The predicted molar refractivity (Wildman–Crippen MR) is 184 cm³/mol. The third-order valence-electron chi connectivity index (χ3n) is 10.0. The molecule has 0 unspecified atom stereocenters. The summed E-state index contributed by atoms with van der Waals surface area (Å²) in [5.41, 5.74) is -0.00293. The van der Waals surface area contributed by atoms with Crippen LogP contribution in [-0.4, -0.2) is 46.4 Å². The molecule has 0 aromatic carbocycles. The van der Waals surface area contributed by atoms with Crippen LogP contribution in [0, 0.1) is 17.3 Å². The van der Waals surface area contributed by atoms with Gasteiger partial charge >= 0.3 is 6.09 Å². The molecule has 4 aliphatic carbocycles. The first-order valence-electron chi connectivity index (χ1n) is 16.9. The van der Waals surface area contributed by atoms with Crippen molar-refractivity contribution in [2.45, 2.75) is 154 Å². The summed E-state index contributed by atoms with van der Waals surface area (Å²) < 4.78 is 42.1. The molecule has 2 atom stereocenters. The molecule has 0 radical (unpaired) electrons. The zero-order valence-corrected chi connectivity index (χ0v) is 31.0. The topological polar surface area (TPSA) is 90.3 Å². The van der Waals surface area contributed by atoms with E-state index in [0.717, 1.165) is 30.8 Å². The lowest BCUT2D eigenvalue weighted by molar-refractivity contribution is -0.107. The summed E-state index contributed by atoms with van der Waals surface area (Å²) >= 11 is 0. The van der Waals surface area contributed by atoms with Crippen molar-refractivity contribution in [3.8, 4) is 11.8 Å². The summed E-state index contributed by atoms with van der Waals surface area (Å²) in [6.45, 7) is 23.1. The molecule has 2 heterocycles. The highest BCUT2D eigenvalue weighted by Crippen LogP contribution is 2.67. The fourth-order valence-corrected chi connectivity index (χ4v) is 8.23. The van der Waals surface area contributed by atoms with Gasteiger partial charge in [-0.1, -0.05) is 26.7 Å². The Labute approximate surface area is 280 Å². The molecule has 0 aliphatic heterocycles. The Kier molecular flexibility index (Phi) is 8.92. The van der Waals surface area contributed by atoms with Gasteiger partial charge in [0.15, 0.2) is 8.32 Å². The van der Waals surface area contributed by atoms with Crippen molar-refractivity contribution in [1.29, 1.82) is 0 Å². The van der Waals surface area contributed by atoms with E-state index in [2.05, 4.69) is 88.2 Å². The Morgan fingerprint density at radius 3 is 2.28 bits per heavy atom. The number of halogens is 2. The third-order valence-corrected chi connectivity index (χ3v) is 14.6. The number of nitrogens with zero attached hydrogens (tertiary/aromatic N) is 3. The molecule has 11 heteroatoms. The first-order valence-corrected chi connectivity index (χ1v) is 19.8. The average Bonchev–Trinajstić information content (AvgIpc) is 3.49. The van der Waals surface area contributed by atoms with Gasteiger partial charge in [-0.3, -0.25) is 0 Å². The van der Waals surface area contributed by atoms with Gasteiger partial charge in [-0.25, -0.2) is 23.2 Å². The van der Waals surface area contributed by atoms with Crippen LogP contribution in [0.1, 0.15) is 130 Å². The van der Waals surface area contributed by atoms with Crippen molar-refractivity contribution in [2.24, 2.45) is 5.41 Å². The van der Waals surface area contributed by atoms with Gasteiger partial charge in [0.05, 0.1) is 11.2 Å². The number of aromatic nitrogens is 3. The van der Waals surface area contributed by atoms with E-state index in [0.29, 0.717) is 24.9 Å². The van der Waals surface area contributed by atoms with Crippen LogP contribution in [0.4, 0.5) is 25.1 Å². The molecule has 8 nitrogen and oxygen atoms in total. The molecule has 6 rings (SSSR count). The number of carbonyl (C=O) groups excluding carboxylic acids is 1. The van der Waals surface area contributed by atoms with Crippen LogP contribution in [0.5, 0.6) is 0 Å². The Balaban J connectivity index is 1.31. The van der Waals surface area contributed by atoms with Crippen molar-refractivity contribution in [2.75, 3.05) is 5.32 Å². The van der Waals surface area contributed by atoms with Crippen LogP contribution < -0.4 is 10.6 Å². The van der Waals surface area contributed by atoms with Crippen LogP contribution in [0.2, 0.25) is 18.1 Å². The first kappa shape index (κ1) is 35.3. The van der Waals surface area contributed by atoms with Gasteiger partial charge in [-0.15, -0.1) is 0 Å². The number of carbonyl (C=O) groups is 1. The molecule has 2 aromatic rings. The highest BCUT2D eigenvalue weighted by Gasteiger charge is 2.68. The number of rotatable bonds is 7. The predicted octanol–water partition coefficient (Wildman–Crippen LogP) is 9.17. The van der Waals surface area contributed by atoms with E-state index < -0.39 is 26.4 Å². The lowest BCUT2D eigenvalue weighted by Crippen LogP contribution is -2.74. The van der Waals surface area contributed by atoms with Crippen LogP contribution in [-0.2, 0) is 14.7 Å². The van der Waals surface area contributed by atoms with Crippen LogP contribution in [0.25, 0.3) is 0 Å². The largest absolute Gasteiger partial charge is 0.444 e. The van der Waals surface area contributed by atoms with Gasteiger partial charge < -0.3 is 19.8 Å². The van der Waals surface area contributed by atoms with Crippen LogP contribution in [0.3, 0.4) is 0 Å². The number of alkyl halides is 2. The second-order valence-corrected chi connectivity index (χ2v) is 22.4. The highest BCUT2D eigenvalue weighted by atomic mass is 28.4. The van der Waals surface area contributed by atoms with Gasteiger partial charge in [-0.2, -0.15) is 5.10 Å². The molecule has 4 fully saturated rings. The van der Waals surface area contributed by atoms with Gasteiger partial charge in [0, 0.05) is 34.7 Å². The zero-order valence-electron chi connectivity index (χ0n) is 30.0. The molecule has 1 amide bonds. The Morgan fingerprint density at radius 1 is 1.04 bits per heavy atom. The molecular weight excluding hydrogens is 617 g/mol. The van der Waals surface area contributed by atoms with E-state index in [9.17, 15) is 13.6 Å². The number of nitrogens with one attached hydrogen (secondary N) is 2. The average molecular weight is 670 g/mol. The number of amides is 1. The lowest BCUT2D eigenvalue weighted by Gasteiger charge is -2.67. The van der Waals surface area contributed by atoms with Gasteiger partial charge in [0.25, 0.3) is 6.43 Å². The molecule has 0 spiro atoms. The SMILES string of the molecule is CC(C)(C)OC(=O)NC12CC(C#Cc3cc(Nc4cc([C@H]5CC[C@@H](O[Si](C)(C)C(C)(C)C)C5)nn4C(C)(C)C)cc(C(F)F)n3)(C1)C2.